The van der Waals surface area contributed by atoms with E-state index < -0.39 is 24.4 Å². The molecule has 0 amide bonds. The second-order valence-electron chi connectivity index (χ2n) is 4.12. The summed E-state index contributed by atoms with van der Waals surface area (Å²) < 4.78 is 5.41. The highest BCUT2D eigenvalue weighted by atomic mass is 16.5. The van der Waals surface area contributed by atoms with Crippen molar-refractivity contribution in [1.29, 1.82) is 0 Å². The van der Waals surface area contributed by atoms with Gasteiger partial charge in [-0.3, -0.25) is 0 Å². The molecule has 14 heavy (non-hydrogen) atoms. The van der Waals surface area contributed by atoms with Crippen LogP contribution in [-0.4, -0.2) is 52.4 Å². The van der Waals surface area contributed by atoms with Gasteiger partial charge in [-0.2, -0.15) is 0 Å². The van der Waals surface area contributed by atoms with Gasteiger partial charge in [0.1, 0.15) is 18.3 Å². The average Bonchev–Trinajstić information content (AvgIpc) is 2.14. The van der Waals surface area contributed by atoms with Crippen molar-refractivity contribution in [3.8, 4) is 0 Å². The topological polar surface area (TPSA) is 95.9 Å². The van der Waals surface area contributed by atoms with Gasteiger partial charge in [0.05, 0.1) is 18.8 Å². The van der Waals surface area contributed by atoms with E-state index in [1.807, 2.05) is 13.8 Å². The maximum absolute atomic E-state index is 9.60. The van der Waals surface area contributed by atoms with Crippen LogP contribution >= 0.6 is 0 Å². The van der Waals surface area contributed by atoms with Gasteiger partial charge in [0.2, 0.25) is 0 Å². The first-order chi connectivity index (χ1) is 6.49. The highest BCUT2D eigenvalue weighted by Crippen LogP contribution is 2.24. The number of ether oxygens (including phenoxy) is 1. The maximum Gasteiger partial charge on any atom is 0.110 e. The fourth-order valence-electron chi connectivity index (χ4n) is 1.77. The third-order valence-electron chi connectivity index (χ3n) is 2.67. The van der Waals surface area contributed by atoms with Crippen LogP contribution in [0.2, 0.25) is 0 Å². The molecule has 1 aliphatic rings. The second kappa shape index (κ2) is 4.55. The molecule has 5 heteroatoms. The lowest BCUT2D eigenvalue weighted by Gasteiger charge is -2.42. The van der Waals surface area contributed by atoms with Crippen molar-refractivity contribution < 1.29 is 20.1 Å². The van der Waals surface area contributed by atoms with Gasteiger partial charge in [-0.25, -0.2) is 0 Å². The Morgan fingerprint density at radius 3 is 2.29 bits per heavy atom. The van der Waals surface area contributed by atoms with Crippen molar-refractivity contribution in [1.82, 2.24) is 0 Å². The number of hydrogen-bond donors (Lipinski definition) is 4. The summed E-state index contributed by atoms with van der Waals surface area (Å²) in [6, 6.07) is -0.604. The first-order valence-electron chi connectivity index (χ1n) is 4.87. The molecule has 84 valence electrons. The van der Waals surface area contributed by atoms with Crippen molar-refractivity contribution >= 4 is 0 Å². The van der Waals surface area contributed by atoms with E-state index in [0.29, 0.717) is 0 Å². The summed E-state index contributed by atoms with van der Waals surface area (Å²) in [4.78, 5) is 0. The van der Waals surface area contributed by atoms with Crippen molar-refractivity contribution in [2.75, 3.05) is 6.61 Å². The standard InChI is InChI=1S/C9H19NO4/c1-4(2)9-6(10)8(13)7(12)5(3-11)14-9/h4-9,11-13H,3,10H2,1-2H3. The fraction of sp³-hybridized carbons (Fsp3) is 1.00. The summed E-state index contributed by atoms with van der Waals surface area (Å²) in [7, 11) is 0. The van der Waals surface area contributed by atoms with E-state index in [9.17, 15) is 10.2 Å². The Bertz CT molecular complexity index is 186. The molecule has 1 fully saturated rings. The van der Waals surface area contributed by atoms with Crippen LogP contribution < -0.4 is 5.73 Å². The first-order valence-corrected chi connectivity index (χ1v) is 4.87. The molecule has 0 saturated carbocycles. The molecule has 0 aliphatic carbocycles. The number of rotatable bonds is 2. The van der Waals surface area contributed by atoms with E-state index in [-0.39, 0.29) is 18.6 Å². The summed E-state index contributed by atoms with van der Waals surface area (Å²) in [5.41, 5.74) is 5.71. The van der Waals surface area contributed by atoms with Gasteiger partial charge in [0.15, 0.2) is 0 Å². The fourth-order valence-corrected chi connectivity index (χ4v) is 1.77. The van der Waals surface area contributed by atoms with Gasteiger partial charge < -0.3 is 25.8 Å². The van der Waals surface area contributed by atoms with Gasteiger partial charge in [0, 0.05) is 0 Å². The minimum atomic E-state index is -1.11. The van der Waals surface area contributed by atoms with E-state index in [1.54, 1.807) is 0 Å². The van der Waals surface area contributed by atoms with E-state index in [2.05, 4.69) is 0 Å². The third kappa shape index (κ3) is 2.07. The van der Waals surface area contributed by atoms with Gasteiger partial charge in [-0.05, 0) is 5.92 Å². The molecule has 0 radical (unpaired) electrons. The quantitative estimate of drug-likeness (QED) is 0.438. The number of aliphatic hydroxyl groups is 3. The second-order valence-corrected chi connectivity index (χ2v) is 4.12. The molecule has 1 heterocycles. The van der Waals surface area contributed by atoms with Crippen LogP contribution in [-0.2, 0) is 4.74 Å². The Kier molecular flexibility index (Phi) is 3.86. The zero-order chi connectivity index (χ0) is 10.9. The summed E-state index contributed by atoms with van der Waals surface area (Å²) in [5, 5.41) is 28.0. The Morgan fingerprint density at radius 2 is 1.86 bits per heavy atom. The molecule has 5 N–H and O–H groups in total. The Morgan fingerprint density at radius 1 is 1.29 bits per heavy atom. The zero-order valence-electron chi connectivity index (χ0n) is 8.50. The van der Waals surface area contributed by atoms with Gasteiger partial charge >= 0.3 is 0 Å². The zero-order valence-corrected chi connectivity index (χ0v) is 8.50. The minimum Gasteiger partial charge on any atom is -0.394 e. The highest BCUT2D eigenvalue weighted by molar-refractivity contribution is 4.95. The SMILES string of the molecule is CC(C)C1OC(CO)C(O)C(O)C1N. The predicted octanol–water partition coefficient (Wildman–Crippen LogP) is -1.55. The van der Waals surface area contributed by atoms with Crippen LogP contribution in [0.25, 0.3) is 0 Å². The monoisotopic (exact) mass is 205 g/mol. The number of aliphatic hydroxyl groups excluding tert-OH is 3. The Balaban J connectivity index is 2.73. The van der Waals surface area contributed by atoms with E-state index in [1.165, 1.54) is 0 Å². The molecule has 1 saturated heterocycles. The molecule has 5 unspecified atom stereocenters. The lowest BCUT2D eigenvalue weighted by atomic mass is 9.88. The van der Waals surface area contributed by atoms with E-state index >= 15 is 0 Å². The van der Waals surface area contributed by atoms with Gasteiger partial charge in [0.25, 0.3) is 0 Å². The largest absolute Gasteiger partial charge is 0.394 e. The summed E-state index contributed by atoms with van der Waals surface area (Å²) in [5.74, 6) is 0.140. The summed E-state index contributed by atoms with van der Waals surface area (Å²) in [6.07, 6.45) is -3.21. The van der Waals surface area contributed by atoms with Crippen LogP contribution in [0.1, 0.15) is 13.8 Å². The van der Waals surface area contributed by atoms with Gasteiger partial charge in [-0.15, -0.1) is 0 Å². The summed E-state index contributed by atoms with van der Waals surface area (Å²) >= 11 is 0. The van der Waals surface area contributed by atoms with E-state index in [0.717, 1.165) is 0 Å². The highest BCUT2D eigenvalue weighted by Gasteiger charge is 2.43. The van der Waals surface area contributed by atoms with Crippen LogP contribution in [0.15, 0.2) is 0 Å². The van der Waals surface area contributed by atoms with Crippen LogP contribution in [0.3, 0.4) is 0 Å². The Hall–Kier alpha value is -0.200. The predicted molar refractivity (Wildman–Crippen MR) is 50.6 cm³/mol. The lowest BCUT2D eigenvalue weighted by Crippen LogP contribution is -2.63. The molecular formula is C9H19NO4. The molecule has 0 aromatic rings. The molecule has 1 rings (SSSR count). The molecule has 5 nitrogen and oxygen atoms in total. The maximum atomic E-state index is 9.60. The number of hydrogen-bond acceptors (Lipinski definition) is 5. The van der Waals surface area contributed by atoms with Crippen molar-refractivity contribution in [2.24, 2.45) is 11.7 Å². The molecular weight excluding hydrogens is 186 g/mol. The van der Waals surface area contributed by atoms with Crippen LogP contribution in [0.4, 0.5) is 0 Å². The molecule has 0 spiro atoms. The molecule has 5 atom stereocenters. The lowest BCUT2D eigenvalue weighted by molar-refractivity contribution is -0.198. The first kappa shape index (κ1) is 11.9. The smallest absolute Gasteiger partial charge is 0.110 e. The van der Waals surface area contributed by atoms with Crippen molar-refractivity contribution in [3.63, 3.8) is 0 Å². The van der Waals surface area contributed by atoms with E-state index in [4.69, 9.17) is 15.6 Å². The molecule has 0 aromatic carbocycles. The van der Waals surface area contributed by atoms with Gasteiger partial charge in [-0.1, -0.05) is 13.8 Å². The Labute approximate surface area is 83.5 Å². The van der Waals surface area contributed by atoms with Crippen molar-refractivity contribution in [2.45, 2.75) is 44.3 Å². The average molecular weight is 205 g/mol. The molecule has 0 bridgehead atoms. The van der Waals surface area contributed by atoms with Crippen LogP contribution in [0.5, 0.6) is 0 Å². The third-order valence-corrected chi connectivity index (χ3v) is 2.67. The normalized spacial score (nSPS) is 44.4. The van der Waals surface area contributed by atoms with Crippen LogP contribution in [0, 0.1) is 5.92 Å². The summed E-state index contributed by atoms with van der Waals surface area (Å²) in [6.45, 7) is 3.53. The minimum absolute atomic E-state index is 0.140. The number of nitrogens with two attached hydrogens (primary N) is 1. The molecule has 0 aromatic heterocycles. The molecule has 1 aliphatic heterocycles. The van der Waals surface area contributed by atoms with Crippen molar-refractivity contribution in [3.05, 3.63) is 0 Å².